The average molecular weight is 531 g/mol. The van der Waals surface area contributed by atoms with Crippen molar-refractivity contribution in [1.29, 1.82) is 0 Å². The minimum absolute atomic E-state index is 0.155. The van der Waals surface area contributed by atoms with Crippen LogP contribution < -0.4 is 9.47 Å². The van der Waals surface area contributed by atoms with Crippen molar-refractivity contribution in [3.63, 3.8) is 0 Å². The third-order valence-electron chi connectivity index (χ3n) is 4.18. The first-order valence-electron chi connectivity index (χ1n) is 10.4. The summed E-state index contributed by atoms with van der Waals surface area (Å²) in [5.41, 5.74) is 0.808. The Hall–Kier alpha value is -1.58. The van der Waals surface area contributed by atoms with Crippen LogP contribution in [0.3, 0.4) is 0 Å². The lowest BCUT2D eigenvalue weighted by molar-refractivity contribution is -0.144. The van der Waals surface area contributed by atoms with Crippen molar-refractivity contribution < 1.29 is 23.8 Å². The van der Waals surface area contributed by atoms with Gasteiger partial charge in [0.1, 0.15) is 4.32 Å². The normalized spacial score (nSPS) is 15.0. The Labute approximate surface area is 201 Å². The van der Waals surface area contributed by atoms with Gasteiger partial charge in [0.15, 0.2) is 11.5 Å². The molecule has 1 aromatic rings. The van der Waals surface area contributed by atoms with Crippen LogP contribution in [-0.4, -0.2) is 47.5 Å². The van der Waals surface area contributed by atoms with E-state index < -0.39 is 0 Å². The van der Waals surface area contributed by atoms with Crippen LogP contribution in [0.1, 0.15) is 52.0 Å². The monoisotopic (exact) mass is 529 g/mol. The number of esters is 1. The molecule has 170 valence electrons. The second-order valence-corrected chi connectivity index (χ2v) is 9.30. The van der Waals surface area contributed by atoms with E-state index >= 15 is 0 Å². The summed E-state index contributed by atoms with van der Waals surface area (Å²) in [6.07, 6.45) is 4.24. The highest BCUT2D eigenvalue weighted by molar-refractivity contribution is 9.10. The van der Waals surface area contributed by atoms with Crippen LogP contribution in [0.25, 0.3) is 6.08 Å². The SMILES string of the molecule is CCCOC(=O)CCCN1C(=O)/C(=C/c2cc(Br)c(OCCC)c(OCC)c2)SC1=S. The molecule has 0 spiro atoms. The van der Waals surface area contributed by atoms with E-state index in [1.54, 1.807) is 6.08 Å². The number of hydrogen-bond donors (Lipinski definition) is 0. The zero-order chi connectivity index (χ0) is 22.8. The molecule has 1 aliphatic heterocycles. The standard InChI is InChI=1S/C22H28BrNO5S2/c1-4-10-28-19(25)8-7-9-24-21(26)18(31-22(24)30)14-15-12-16(23)20(29-11-5-2)17(13-15)27-6-3/h12-14H,4-11H2,1-3H3/b18-14-. The molecular weight excluding hydrogens is 502 g/mol. The van der Waals surface area contributed by atoms with Gasteiger partial charge >= 0.3 is 5.97 Å². The van der Waals surface area contributed by atoms with E-state index in [1.807, 2.05) is 32.9 Å². The molecule has 1 aliphatic rings. The van der Waals surface area contributed by atoms with Gasteiger partial charge in [0.05, 0.1) is 29.2 Å². The van der Waals surface area contributed by atoms with Crippen LogP contribution in [-0.2, 0) is 14.3 Å². The van der Waals surface area contributed by atoms with Crippen LogP contribution in [0, 0.1) is 0 Å². The number of carbonyl (C=O) groups excluding carboxylic acids is 2. The smallest absolute Gasteiger partial charge is 0.305 e. The van der Waals surface area contributed by atoms with Gasteiger partial charge in [-0.2, -0.15) is 0 Å². The van der Waals surface area contributed by atoms with Crippen LogP contribution >= 0.6 is 39.9 Å². The molecule has 0 bridgehead atoms. The molecule has 9 heteroatoms. The van der Waals surface area contributed by atoms with E-state index in [4.69, 9.17) is 26.4 Å². The quantitative estimate of drug-likeness (QED) is 0.199. The fourth-order valence-electron chi connectivity index (χ4n) is 2.79. The Kier molecular flexibility index (Phi) is 10.8. The predicted octanol–water partition coefficient (Wildman–Crippen LogP) is 5.57. The third kappa shape index (κ3) is 7.50. The Balaban J connectivity index is 2.10. The van der Waals surface area contributed by atoms with E-state index in [0.29, 0.717) is 53.5 Å². The molecule has 1 fully saturated rings. The lowest BCUT2D eigenvalue weighted by Gasteiger charge is -2.14. The van der Waals surface area contributed by atoms with Gasteiger partial charge < -0.3 is 14.2 Å². The molecule has 0 unspecified atom stereocenters. The molecule has 1 heterocycles. The fraction of sp³-hybridized carbons (Fsp3) is 0.500. The highest BCUT2D eigenvalue weighted by atomic mass is 79.9. The summed E-state index contributed by atoms with van der Waals surface area (Å²) in [5.74, 6) is 0.875. The van der Waals surface area contributed by atoms with E-state index in [2.05, 4.69) is 15.9 Å². The van der Waals surface area contributed by atoms with Gasteiger partial charge in [-0.1, -0.05) is 37.8 Å². The number of carbonyl (C=O) groups is 2. The van der Waals surface area contributed by atoms with Gasteiger partial charge in [-0.25, -0.2) is 0 Å². The Morgan fingerprint density at radius 3 is 2.61 bits per heavy atom. The number of amides is 1. The Morgan fingerprint density at radius 1 is 1.19 bits per heavy atom. The van der Waals surface area contributed by atoms with Gasteiger partial charge in [-0.05, 0) is 65.9 Å². The molecule has 0 atom stereocenters. The molecule has 31 heavy (non-hydrogen) atoms. The van der Waals surface area contributed by atoms with Crippen LogP contribution in [0.2, 0.25) is 0 Å². The highest BCUT2D eigenvalue weighted by Crippen LogP contribution is 2.39. The molecule has 0 radical (unpaired) electrons. The van der Waals surface area contributed by atoms with Gasteiger partial charge in [0.25, 0.3) is 5.91 Å². The number of thioether (sulfide) groups is 1. The molecule has 1 amide bonds. The van der Waals surface area contributed by atoms with Crippen molar-refractivity contribution in [2.45, 2.75) is 46.5 Å². The summed E-state index contributed by atoms with van der Waals surface area (Å²) in [4.78, 5) is 26.6. The molecule has 0 N–H and O–H groups in total. The second-order valence-electron chi connectivity index (χ2n) is 6.77. The van der Waals surface area contributed by atoms with E-state index in [9.17, 15) is 9.59 Å². The number of rotatable bonds is 12. The fourth-order valence-corrected chi connectivity index (χ4v) is 4.67. The zero-order valence-electron chi connectivity index (χ0n) is 18.1. The summed E-state index contributed by atoms with van der Waals surface area (Å²) >= 11 is 10.2. The minimum Gasteiger partial charge on any atom is -0.490 e. The lowest BCUT2D eigenvalue weighted by atomic mass is 10.1. The first-order valence-corrected chi connectivity index (χ1v) is 12.4. The second kappa shape index (κ2) is 13.1. The van der Waals surface area contributed by atoms with E-state index in [-0.39, 0.29) is 18.3 Å². The Morgan fingerprint density at radius 2 is 1.94 bits per heavy atom. The summed E-state index contributed by atoms with van der Waals surface area (Å²) < 4.78 is 17.9. The van der Waals surface area contributed by atoms with Crippen molar-refractivity contribution in [3.8, 4) is 11.5 Å². The van der Waals surface area contributed by atoms with Crippen molar-refractivity contribution >= 4 is 62.2 Å². The van der Waals surface area contributed by atoms with Crippen molar-refractivity contribution in [3.05, 3.63) is 27.1 Å². The van der Waals surface area contributed by atoms with Crippen LogP contribution in [0.5, 0.6) is 11.5 Å². The Bertz CT molecular complexity index is 843. The number of halogens is 1. The maximum absolute atomic E-state index is 12.8. The summed E-state index contributed by atoms with van der Waals surface area (Å²) in [6, 6.07) is 3.75. The van der Waals surface area contributed by atoms with Gasteiger partial charge in [-0.15, -0.1) is 0 Å². The summed E-state index contributed by atoms with van der Waals surface area (Å²) in [5, 5.41) is 0. The maximum atomic E-state index is 12.8. The van der Waals surface area contributed by atoms with Crippen molar-refractivity contribution in [2.24, 2.45) is 0 Å². The number of ether oxygens (including phenoxy) is 3. The van der Waals surface area contributed by atoms with Crippen LogP contribution in [0.15, 0.2) is 21.5 Å². The molecule has 6 nitrogen and oxygen atoms in total. The molecular formula is C22H28BrNO5S2. The average Bonchev–Trinajstić information content (AvgIpc) is 2.99. The number of thiocarbonyl (C=S) groups is 1. The third-order valence-corrected chi connectivity index (χ3v) is 6.15. The van der Waals surface area contributed by atoms with Crippen LogP contribution in [0.4, 0.5) is 0 Å². The van der Waals surface area contributed by atoms with Gasteiger partial charge in [0.2, 0.25) is 0 Å². The summed E-state index contributed by atoms with van der Waals surface area (Å²) in [7, 11) is 0. The van der Waals surface area contributed by atoms with Gasteiger partial charge in [-0.3, -0.25) is 14.5 Å². The number of hydrogen-bond acceptors (Lipinski definition) is 7. The lowest BCUT2D eigenvalue weighted by Crippen LogP contribution is -2.29. The molecule has 1 aromatic carbocycles. The predicted molar refractivity (Wildman–Crippen MR) is 131 cm³/mol. The largest absolute Gasteiger partial charge is 0.490 e. The maximum Gasteiger partial charge on any atom is 0.305 e. The molecule has 2 rings (SSSR count). The van der Waals surface area contributed by atoms with E-state index in [0.717, 1.165) is 22.9 Å². The van der Waals surface area contributed by atoms with Crippen molar-refractivity contribution in [2.75, 3.05) is 26.4 Å². The first kappa shape index (κ1) is 25.7. The number of nitrogens with zero attached hydrogens (tertiary/aromatic N) is 1. The molecule has 0 aliphatic carbocycles. The summed E-state index contributed by atoms with van der Waals surface area (Å²) in [6.45, 7) is 7.79. The minimum atomic E-state index is -0.249. The zero-order valence-corrected chi connectivity index (χ0v) is 21.3. The highest BCUT2D eigenvalue weighted by Gasteiger charge is 2.31. The topological polar surface area (TPSA) is 65.1 Å². The van der Waals surface area contributed by atoms with Crippen molar-refractivity contribution in [1.82, 2.24) is 4.90 Å². The molecule has 1 saturated heterocycles. The number of benzene rings is 1. The molecule has 0 aromatic heterocycles. The van der Waals surface area contributed by atoms with E-state index in [1.165, 1.54) is 16.7 Å². The van der Waals surface area contributed by atoms with Gasteiger partial charge in [0, 0.05) is 13.0 Å². The molecule has 0 saturated carbocycles. The first-order chi connectivity index (χ1) is 14.9.